The molecular weight excluding hydrogens is 211 g/mol. The van der Waals surface area contributed by atoms with E-state index in [2.05, 4.69) is 5.32 Å². The number of Topliss-reactive ketones (excluding diaryl/α,β-unsaturated/α-hetero) is 1. The summed E-state index contributed by atoms with van der Waals surface area (Å²) in [5.41, 5.74) is 4.80. The van der Waals surface area contributed by atoms with Gasteiger partial charge in [0.2, 0.25) is 5.91 Å². The molecule has 0 saturated heterocycles. The van der Waals surface area contributed by atoms with E-state index >= 15 is 0 Å². The highest BCUT2D eigenvalue weighted by Crippen LogP contribution is 2.31. The molecule has 0 radical (unpaired) electrons. The predicted molar refractivity (Wildman–Crippen MR) is 48.3 cm³/mol. The molecule has 82 valence electrons. The van der Waals surface area contributed by atoms with Crippen molar-refractivity contribution < 1.29 is 23.9 Å². The van der Waals surface area contributed by atoms with Crippen LogP contribution >= 0.6 is 7.60 Å². The molecule has 0 rings (SSSR count). The van der Waals surface area contributed by atoms with E-state index in [4.69, 9.17) is 15.5 Å². The van der Waals surface area contributed by atoms with E-state index in [1.165, 1.54) is 0 Å². The van der Waals surface area contributed by atoms with Gasteiger partial charge in [0.25, 0.3) is 0 Å². The van der Waals surface area contributed by atoms with E-state index in [0.717, 1.165) is 0 Å². The van der Waals surface area contributed by atoms with Crippen molar-refractivity contribution in [2.24, 2.45) is 5.73 Å². The molecule has 0 aliphatic heterocycles. The van der Waals surface area contributed by atoms with Gasteiger partial charge in [-0.2, -0.15) is 0 Å². The minimum atomic E-state index is -4.11. The Morgan fingerprint density at radius 3 is 2.29 bits per heavy atom. The maximum Gasteiger partial charge on any atom is 0.339 e. The largest absolute Gasteiger partial charge is 0.370 e. The van der Waals surface area contributed by atoms with E-state index in [-0.39, 0.29) is 25.2 Å². The summed E-state index contributed by atoms with van der Waals surface area (Å²) in [6, 6.07) is 0. The molecule has 0 bridgehead atoms. The van der Waals surface area contributed by atoms with E-state index < -0.39 is 19.8 Å². The van der Waals surface area contributed by atoms with E-state index in [1.807, 2.05) is 0 Å². The van der Waals surface area contributed by atoms with Gasteiger partial charge in [-0.05, 0) is 0 Å². The van der Waals surface area contributed by atoms with Crippen LogP contribution in [0, 0.1) is 0 Å². The predicted octanol–water partition coefficient (Wildman–Crippen LogP) is -1.45. The molecule has 0 saturated carbocycles. The molecular formula is C6H13N2O5P. The number of hydrogen-bond acceptors (Lipinski definition) is 4. The number of rotatable bonds is 7. The number of nitrogens with two attached hydrogens (primary N) is 1. The standard InChI is InChI=1S/C6H13N2O5P/c7-6(10)2-1-5(9)3-8-4-14(11,12)13/h8H,1-4H2,(H2,7,10)(H2,11,12,13). The summed E-state index contributed by atoms with van der Waals surface area (Å²) < 4.78 is 10.3. The molecule has 1 amide bonds. The molecule has 0 aliphatic carbocycles. The summed E-state index contributed by atoms with van der Waals surface area (Å²) >= 11 is 0. The zero-order valence-corrected chi connectivity index (χ0v) is 8.37. The van der Waals surface area contributed by atoms with Crippen LogP contribution in [0.3, 0.4) is 0 Å². The Morgan fingerprint density at radius 1 is 1.29 bits per heavy atom. The Labute approximate surface area is 80.8 Å². The van der Waals surface area contributed by atoms with Gasteiger partial charge >= 0.3 is 7.60 Å². The number of hydrogen-bond donors (Lipinski definition) is 4. The molecule has 0 heterocycles. The Kier molecular flexibility index (Phi) is 5.56. The average molecular weight is 224 g/mol. The lowest BCUT2D eigenvalue weighted by molar-refractivity contribution is -0.123. The van der Waals surface area contributed by atoms with Gasteiger partial charge in [-0.1, -0.05) is 0 Å². The summed E-state index contributed by atoms with van der Waals surface area (Å²) in [4.78, 5) is 38.0. The minimum absolute atomic E-state index is 0.0104. The fourth-order valence-corrected chi connectivity index (χ4v) is 1.10. The van der Waals surface area contributed by atoms with Crippen molar-refractivity contribution in [3.8, 4) is 0 Å². The zero-order chi connectivity index (χ0) is 11.2. The first kappa shape index (κ1) is 13.2. The minimum Gasteiger partial charge on any atom is -0.370 e. The molecule has 0 aromatic carbocycles. The summed E-state index contributed by atoms with van der Waals surface area (Å²) in [5.74, 6) is -0.884. The Hall–Kier alpha value is -0.750. The highest BCUT2D eigenvalue weighted by atomic mass is 31.2. The molecule has 7 nitrogen and oxygen atoms in total. The Bertz CT molecular complexity index is 261. The normalized spacial score (nSPS) is 11.3. The molecule has 0 aromatic rings. The smallest absolute Gasteiger partial charge is 0.339 e. The van der Waals surface area contributed by atoms with Crippen molar-refractivity contribution in [3.63, 3.8) is 0 Å². The quantitative estimate of drug-likeness (QED) is 0.391. The van der Waals surface area contributed by atoms with Crippen molar-refractivity contribution in [3.05, 3.63) is 0 Å². The maximum absolute atomic E-state index is 10.9. The van der Waals surface area contributed by atoms with Gasteiger partial charge in [0.1, 0.15) is 5.78 Å². The second-order valence-electron chi connectivity index (χ2n) is 2.75. The van der Waals surface area contributed by atoms with Gasteiger partial charge in [0.15, 0.2) is 0 Å². The summed E-state index contributed by atoms with van der Waals surface area (Å²) in [6.45, 7) is -0.168. The molecule has 0 spiro atoms. The molecule has 8 heteroatoms. The lowest BCUT2D eigenvalue weighted by Gasteiger charge is -2.04. The van der Waals surface area contributed by atoms with Gasteiger partial charge in [-0.3, -0.25) is 19.5 Å². The lowest BCUT2D eigenvalue weighted by atomic mass is 10.2. The van der Waals surface area contributed by atoms with Crippen molar-refractivity contribution in [1.82, 2.24) is 5.32 Å². The van der Waals surface area contributed by atoms with Crippen LogP contribution in [0.4, 0.5) is 0 Å². The van der Waals surface area contributed by atoms with E-state index in [0.29, 0.717) is 0 Å². The molecule has 5 N–H and O–H groups in total. The highest BCUT2D eigenvalue weighted by molar-refractivity contribution is 7.51. The molecule has 0 atom stereocenters. The fourth-order valence-electron chi connectivity index (χ4n) is 0.692. The maximum atomic E-state index is 10.9. The van der Waals surface area contributed by atoms with Crippen LogP contribution in [0.15, 0.2) is 0 Å². The van der Waals surface area contributed by atoms with Crippen molar-refractivity contribution >= 4 is 19.3 Å². The fraction of sp³-hybridized carbons (Fsp3) is 0.667. The van der Waals surface area contributed by atoms with Gasteiger partial charge in [-0.25, -0.2) is 0 Å². The van der Waals surface area contributed by atoms with Crippen LogP contribution in [-0.4, -0.2) is 34.3 Å². The number of primary amides is 1. The molecule has 0 unspecified atom stereocenters. The topological polar surface area (TPSA) is 130 Å². The number of carbonyl (C=O) groups is 2. The zero-order valence-electron chi connectivity index (χ0n) is 7.47. The van der Waals surface area contributed by atoms with Crippen molar-refractivity contribution in [2.45, 2.75) is 12.8 Å². The van der Waals surface area contributed by atoms with Gasteiger partial charge < -0.3 is 15.5 Å². The third-order valence-corrected chi connectivity index (χ3v) is 1.93. The Morgan fingerprint density at radius 2 is 1.86 bits per heavy atom. The SMILES string of the molecule is NC(=O)CCC(=O)CNCP(=O)(O)O. The first-order chi connectivity index (χ1) is 6.31. The van der Waals surface area contributed by atoms with Gasteiger partial charge in [-0.15, -0.1) is 0 Å². The van der Waals surface area contributed by atoms with Crippen LogP contribution in [0.5, 0.6) is 0 Å². The third kappa shape index (κ3) is 9.34. The monoisotopic (exact) mass is 224 g/mol. The van der Waals surface area contributed by atoms with Gasteiger partial charge in [0.05, 0.1) is 12.8 Å². The Balaban J connectivity index is 3.55. The average Bonchev–Trinajstić information content (AvgIpc) is 1.98. The first-order valence-electron chi connectivity index (χ1n) is 3.86. The molecule has 14 heavy (non-hydrogen) atoms. The van der Waals surface area contributed by atoms with E-state index in [9.17, 15) is 14.2 Å². The van der Waals surface area contributed by atoms with Crippen LogP contribution < -0.4 is 11.1 Å². The van der Waals surface area contributed by atoms with E-state index in [1.54, 1.807) is 0 Å². The number of amides is 1. The number of carbonyl (C=O) groups excluding carboxylic acids is 2. The number of nitrogens with one attached hydrogen (secondary N) is 1. The first-order valence-corrected chi connectivity index (χ1v) is 5.66. The highest BCUT2D eigenvalue weighted by Gasteiger charge is 2.12. The lowest BCUT2D eigenvalue weighted by Crippen LogP contribution is -2.25. The van der Waals surface area contributed by atoms with Crippen LogP contribution in [0.1, 0.15) is 12.8 Å². The van der Waals surface area contributed by atoms with Gasteiger partial charge in [0, 0.05) is 12.8 Å². The third-order valence-electron chi connectivity index (χ3n) is 1.29. The molecule has 0 aliphatic rings. The summed E-state index contributed by atoms with van der Waals surface area (Å²) in [5, 5.41) is 2.28. The van der Waals surface area contributed by atoms with Crippen LogP contribution in [0.25, 0.3) is 0 Å². The molecule has 0 fully saturated rings. The van der Waals surface area contributed by atoms with Crippen molar-refractivity contribution in [2.75, 3.05) is 12.8 Å². The summed E-state index contributed by atoms with van der Waals surface area (Å²) in [6.07, 6.45) is -0.602. The molecule has 0 aromatic heterocycles. The second kappa shape index (κ2) is 5.87. The second-order valence-corrected chi connectivity index (χ2v) is 4.40. The number of ketones is 1. The summed E-state index contributed by atoms with van der Waals surface area (Å²) in [7, 11) is -4.11. The van der Waals surface area contributed by atoms with Crippen molar-refractivity contribution in [1.29, 1.82) is 0 Å². The van der Waals surface area contributed by atoms with Crippen LogP contribution in [0.2, 0.25) is 0 Å². The van der Waals surface area contributed by atoms with Crippen LogP contribution in [-0.2, 0) is 14.2 Å².